The van der Waals surface area contributed by atoms with Crippen molar-refractivity contribution in [1.29, 1.82) is 0 Å². The summed E-state index contributed by atoms with van der Waals surface area (Å²) in [5, 5.41) is 4.99. The molecule has 11 nitrogen and oxygen atoms in total. The summed E-state index contributed by atoms with van der Waals surface area (Å²) in [5.74, 6) is -1.54. The van der Waals surface area contributed by atoms with E-state index < -0.39 is 40.3 Å². The Morgan fingerprint density at radius 2 is 1.90 bits per heavy atom. The van der Waals surface area contributed by atoms with E-state index in [0.717, 1.165) is 5.69 Å². The van der Waals surface area contributed by atoms with Crippen LogP contribution in [0.25, 0.3) is 0 Å². The predicted octanol–water partition coefficient (Wildman–Crippen LogP) is -0.346. The number of H-pyrrole nitrogens is 1. The number of primary amides is 1. The van der Waals surface area contributed by atoms with Gasteiger partial charge in [-0.25, -0.2) is 22.9 Å². The van der Waals surface area contributed by atoms with Gasteiger partial charge in [0.15, 0.2) is 0 Å². The van der Waals surface area contributed by atoms with Gasteiger partial charge in [0.05, 0.1) is 17.6 Å². The van der Waals surface area contributed by atoms with E-state index in [1.165, 1.54) is 30.6 Å². The molecule has 2 aromatic rings. The second kappa shape index (κ2) is 9.89. The van der Waals surface area contributed by atoms with Crippen molar-refractivity contribution in [3.8, 4) is 0 Å². The number of sulfonamides is 1. The lowest BCUT2D eigenvalue weighted by Crippen LogP contribution is -2.52. The van der Waals surface area contributed by atoms with Crippen LogP contribution in [0.5, 0.6) is 0 Å². The lowest BCUT2D eigenvalue weighted by Gasteiger charge is -2.17. The summed E-state index contributed by atoms with van der Waals surface area (Å²) in [6.07, 6.45) is 3.00. The van der Waals surface area contributed by atoms with Crippen LogP contribution in [0.4, 0.5) is 4.79 Å². The molecule has 13 heteroatoms. The first kappa shape index (κ1) is 22.2. The third kappa shape index (κ3) is 7.08. The van der Waals surface area contributed by atoms with E-state index in [2.05, 4.69) is 20.6 Å². The minimum atomic E-state index is -4.20. The number of rotatable bonds is 9. The number of hydrogen-bond donors (Lipinski definition) is 5. The highest BCUT2D eigenvalue weighted by molar-refractivity contribution is 7.90. The third-order valence-corrected chi connectivity index (χ3v) is 5.23. The van der Waals surface area contributed by atoms with Crippen LogP contribution >= 0.6 is 11.6 Å². The highest BCUT2D eigenvalue weighted by atomic mass is 35.5. The number of urea groups is 1. The van der Waals surface area contributed by atoms with Crippen LogP contribution in [0.2, 0.25) is 5.02 Å². The van der Waals surface area contributed by atoms with Crippen molar-refractivity contribution >= 4 is 39.5 Å². The minimum Gasteiger partial charge on any atom is -0.370 e. The highest BCUT2D eigenvalue weighted by Gasteiger charge is 2.25. The van der Waals surface area contributed by atoms with Crippen LogP contribution in [0.15, 0.2) is 41.7 Å². The van der Waals surface area contributed by atoms with E-state index >= 15 is 0 Å². The van der Waals surface area contributed by atoms with Crippen LogP contribution < -0.4 is 21.1 Å². The molecular formula is C16H19ClN6O5S. The molecule has 6 N–H and O–H groups in total. The van der Waals surface area contributed by atoms with Gasteiger partial charge in [-0.2, -0.15) is 0 Å². The van der Waals surface area contributed by atoms with Crippen LogP contribution in [0.3, 0.4) is 0 Å². The number of aromatic nitrogens is 2. The number of nitrogens with one attached hydrogen (secondary N) is 4. The molecule has 1 aromatic carbocycles. The standard InChI is InChI=1S/C16H19ClN6O5S/c17-10-1-3-12(4-2-10)29(27,28)23-16(26)22-13(7-14(18)24)15(25)20-6-5-11-8-19-9-21-11/h1-4,8-9,13H,5-7H2,(H2,18,24)(H,19,21)(H,20,25)(H2,22,23,26)/t13-/m0/s1. The molecule has 29 heavy (non-hydrogen) atoms. The van der Waals surface area contributed by atoms with E-state index in [4.69, 9.17) is 17.3 Å². The Morgan fingerprint density at radius 3 is 2.48 bits per heavy atom. The van der Waals surface area contributed by atoms with E-state index in [-0.39, 0.29) is 11.4 Å². The number of amides is 4. The normalized spacial score (nSPS) is 12.0. The number of nitrogens with zero attached hydrogens (tertiary/aromatic N) is 1. The summed E-state index contributed by atoms with van der Waals surface area (Å²) in [6.45, 7) is 0.197. The molecule has 0 aliphatic heterocycles. The van der Waals surface area contributed by atoms with E-state index in [1.54, 1.807) is 10.9 Å². The van der Waals surface area contributed by atoms with Crippen LogP contribution in [-0.4, -0.2) is 48.8 Å². The van der Waals surface area contributed by atoms with Crippen molar-refractivity contribution in [1.82, 2.24) is 25.3 Å². The van der Waals surface area contributed by atoms with Gasteiger partial charge in [-0.15, -0.1) is 0 Å². The van der Waals surface area contributed by atoms with Gasteiger partial charge in [0.1, 0.15) is 6.04 Å². The maximum absolute atomic E-state index is 12.3. The summed E-state index contributed by atoms with van der Waals surface area (Å²) in [6, 6.07) is 2.57. The fourth-order valence-electron chi connectivity index (χ4n) is 2.26. The second-order valence-electron chi connectivity index (χ2n) is 5.87. The van der Waals surface area contributed by atoms with Crippen molar-refractivity contribution in [3.63, 3.8) is 0 Å². The molecule has 0 saturated carbocycles. The molecule has 0 saturated heterocycles. The fraction of sp³-hybridized carbons (Fsp3) is 0.250. The zero-order valence-corrected chi connectivity index (χ0v) is 16.6. The third-order valence-electron chi connectivity index (χ3n) is 3.63. The predicted molar refractivity (Wildman–Crippen MR) is 103 cm³/mol. The molecule has 0 aliphatic carbocycles. The maximum atomic E-state index is 12.3. The molecule has 0 aliphatic rings. The van der Waals surface area contributed by atoms with Crippen molar-refractivity contribution in [2.75, 3.05) is 6.54 Å². The van der Waals surface area contributed by atoms with Gasteiger partial charge < -0.3 is 21.4 Å². The maximum Gasteiger partial charge on any atom is 0.329 e. The summed E-state index contributed by atoms with van der Waals surface area (Å²) < 4.78 is 26.2. The van der Waals surface area contributed by atoms with Crippen molar-refractivity contribution in [2.24, 2.45) is 5.73 Å². The highest BCUT2D eigenvalue weighted by Crippen LogP contribution is 2.13. The first-order valence-electron chi connectivity index (χ1n) is 8.29. The molecule has 0 spiro atoms. The van der Waals surface area contributed by atoms with Gasteiger partial charge in [-0.05, 0) is 24.3 Å². The Hall–Kier alpha value is -3.12. The Kier molecular flexibility index (Phi) is 7.56. The number of halogens is 1. The smallest absolute Gasteiger partial charge is 0.329 e. The van der Waals surface area contributed by atoms with Gasteiger partial charge in [-0.1, -0.05) is 11.6 Å². The van der Waals surface area contributed by atoms with Crippen LogP contribution in [0.1, 0.15) is 12.1 Å². The van der Waals surface area contributed by atoms with Gasteiger partial charge in [0, 0.05) is 29.9 Å². The lowest BCUT2D eigenvalue weighted by molar-refractivity contribution is -0.126. The van der Waals surface area contributed by atoms with E-state index in [9.17, 15) is 22.8 Å². The van der Waals surface area contributed by atoms with Crippen molar-refractivity contribution in [2.45, 2.75) is 23.8 Å². The van der Waals surface area contributed by atoms with Gasteiger partial charge in [-0.3, -0.25) is 9.59 Å². The first-order chi connectivity index (χ1) is 13.7. The molecule has 0 radical (unpaired) electrons. The molecule has 0 fully saturated rings. The fourth-order valence-corrected chi connectivity index (χ4v) is 3.30. The van der Waals surface area contributed by atoms with Crippen LogP contribution in [0, 0.1) is 0 Å². The molecule has 0 bridgehead atoms. The average molecular weight is 443 g/mol. The van der Waals surface area contributed by atoms with Crippen LogP contribution in [-0.2, 0) is 26.0 Å². The molecule has 2 rings (SSSR count). The summed E-state index contributed by atoms with van der Waals surface area (Å²) >= 11 is 5.71. The monoisotopic (exact) mass is 442 g/mol. The van der Waals surface area contributed by atoms with E-state index in [0.29, 0.717) is 11.4 Å². The van der Waals surface area contributed by atoms with Crippen molar-refractivity contribution in [3.05, 3.63) is 47.5 Å². The molecule has 1 heterocycles. The molecule has 4 amide bonds. The second-order valence-corrected chi connectivity index (χ2v) is 7.99. The SMILES string of the molecule is NC(=O)C[C@H](NC(=O)NS(=O)(=O)c1ccc(Cl)cc1)C(=O)NCCc1cnc[nH]1. The topological polar surface area (TPSA) is 176 Å². The number of aromatic amines is 1. The lowest BCUT2D eigenvalue weighted by atomic mass is 10.2. The molecule has 1 atom stereocenters. The largest absolute Gasteiger partial charge is 0.370 e. The molecule has 156 valence electrons. The zero-order chi connectivity index (χ0) is 21.4. The summed E-state index contributed by atoms with van der Waals surface area (Å²) in [7, 11) is -4.20. The number of carbonyl (C=O) groups excluding carboxylic acids is 3. The summed E-state index contributed by atoms with van der Waals surface area (Å²) in [4.78, 5) is 42.1. The Balaban J connectivity index is 1.96. The number of carbonyl (C=O) groups is 3. The van der Waals surface area contributed by atoms with Crippen molar-refractivity contribution < 1.29 is 22.8 Å². The Morgan fingerprint density at radius 1 is 1.21 bits per heavy atom. The molecule has 1 aromatic heterocycles. The number of hydrogen-bond acceptors (Lipinski definition) is 6. The minimum absolute atomic E-state index is 0.197. The van der Waals surface area contributed by atoms with Gasteiger partial charge in [0.2, 0.25) is 11.8 Å². The Labute approximate surface area is 171 Å². The summed E-state index contributed by atoms with van der Waals surface area (Å²) in [5.41, 5.74) is 5.89. The van der Waals surface area contributed by atoms with E-state index in [1.807, 2.05) is 0 Å². The number of benzene rings is 1. The van der Waals surface area contributed by atoms with Gasteiger partial charge >= 0.3 is 6.03 Å². The molecule has 0 unspecified atom stereocenters. The zero-order valence-electron chi connectivity index (χ0n) is 15.0. The Bertz CT molecular complexity index is 962. The average Bonchev–Trinajstić information content (AvgIpc) is 3.14. The van der Waals surface area contributed by atoms with Gasteiger partial charge in [0.25, 0.3) is 10.0 Å². The number of nitrogens with two attached hydrogens (primary N) is 1. The number of imidazole rings is 1. The molecular weight excluding hydrogens is 424 g/mol. The quantitative estimate of drug-likeness (QED) is 0.354. The first-order valence-corrected chi connectivity index (χ1v) is 10.2.